The van der Waals surface area contributed by atoms with E-state index in [-0.39, 0.29) is 28.3 Å². The van der Waals surface area contributed by atoms with Crippen LogP contribution in [0, 0.1) is 0 Å². The molecule has 3 rings (SSSR count). The summed E-state index contributed by atoms with van der Waals surface area (Å²) in [5.74, 6) is 1.60. The predicted molar refractivity (Wildman–Crippen MR) is 188 cm³/mol. The van der Waals surface area contributed by atoms with Gasteiger partial charge in [-0.15, -0.1) is 28.7 Å². The molecule has 0 fully saturated rings. The second-order valence-electron chi connectivity index (χ2n) is 12.6. The van der Waals surface area contributed by atoms with E-state index in [1.54, 1.807) is 0 Å². The lowest BCUT2D eigenvalue weighted by Crippen LogP contribution is -2.19. The van der Waals surface area contributed by atoms with Gasteiger partial charge in [0.15, 0.2) is 0 Å². The van der Waals surface area contributed by atoms with E-state index < -0.39 is 0 Å². The van der Waals surface area contributed by atoms with Crippen LogP contribution in [0.4, 0.5) is 5.69 Å². The lowest BCUT2D eigenvalue weighted by atomic mass is 9.85. The summed E-state index contributed by atoms with van der Waals surface area (Å²) in [4.78, 5) is 15.8. The molecule has 0 atom stereocenters. The zero-order valence-electron chi connectivity index (χ0n) is 26.8. The van der Waals surface area contributed by atoms with Gasteiger partial charge in [-0.05, 0) is 47.9 Å². The van der Waals surface area contributed by atoms with E-state index in [0.717, 1.165) is 35.8 Å². The molecule has 1 amide bonds. The Bertz CT molecular complexity index is 1090. The number of carbonyl (C=O) groups is 1. The van der Waals surface area contributed by atoms with Gasteiger partial charge in [0, 0.05) is 23.5 Å². The van der Waals surface area contributed by atoms with E-state index in [2.05, 4.69) is 68.4 Å². The van der Waals surface area contributed by atoms with Crippen molar-refractivity contribution in [3.05, 3.63) is 70.3 Å². The minimum Gasteiger partial charge on any atom is -0.492 e. The van der Waals surface area contributed by atoms with E-state index in [0.29, 0.717) is 12.2 Å². The Kier molecular flexibility index (Phi) is 16.7. The largest absolute Gasteiger partial charge is 0.492 e. The molecule has 0 aliphatic carbocycles. The third-order valence-electron chi connectivity index (χ3n) is 7.88. The van der Waals surface area contributed by atoms with Crippen molar-refractivity contribution in [3.63, 3.8) is 0 Å². The SMILES string of the molecule is Br.CCCCCCCCCCCCCCOc1c(C(=O)Nc2ccc(CN3CSC=C3C)cc2)cccc1C(C)(C)C. The van der Waals surface area contributed by atoms with Crippen LogP contribution in [0.3, 0.4) is 0 Å². The Morgan fingerprint density at radius 2 is 1.48 bits per heavy atom. The highest BCUT2D eigenvalue weighted by atomic mass is 79.9. The molecule has 1 N–H and O–H groups in total. The fourth-order valence-electron chi connectivity index (χ4n) is 5.29. The summed E-state index contributed by atoms with van der Waals surface area (Å²) in [6.07, 6.45) is 15.8. The van der Waals surface area contributed by atoms with E-state index in [4.69, 9.17) is 4.74 Å². The summed E-state index contributed by atoms with van der Waals surface area (Å²) in [5, 5.41) is 5.31. The summed E-state index contributed by atoms with van der Waals surface area (Å²) in [6, 6.07) is 14.1. The molecule has 234 valence electrons. The van der Waals surface area contributed by atoms with E-state index >= 15 is 0 Å². The fourth-order valence-corrected chi connectivity index (χ4v) is 6.23. The van der Waals surface area contributed by atoms with Crippen LogP contribution in [0.2, 0.25) is 0 Å². The first-order valence-electron chi connectivity index (χ1n) is 16.0. The molecule has 0 saturated heterocycles. The number of amides is 1. The normalized spacial score (nSPS) is 13.1. The summed E-state index contributed by atoms with van der Waals surface area (Å²) < 4.78 is 6.38. The highest BCUT2D eigenvalue weighted by Crippen LogP contribution is 2.35. The Morgan fingerprint density at radius 3 is 2.02 bits per heavy atom. The van der Waals surface area contributed by atoms with Gasteiger partial charge in [0.25, 0.3) is 5.91 Å². The van der Waals surface area contributed by atoms with Gasteiger partial charge in [0.2, 0.25) is 0 Å². The van der Waals surface area contributed by atoms with E-state index in [1.165, 1.54) is 81.9 Å². The summed E-state index contributed by atoms with van der Waals surface area (Å²) >= 11 is 1.83. The number of nitrogens with zero attached hydrogens (tertiary/aromatic N) is 1. The third-order valence-corrected chi connectivity index (χ3v) is 8.85. The lowest BCUT2D eigenvalue weighted by Gasteiger charge is -2.24. The van der Waals surface area contributed by atoms with Crippen LogP contribution in [-0.4, -0.2) is 23.3 Å². The fraction of sp³-hybridized carbons (Fsp3) is 0.583. The number of benzene rings is 2. The Labute approximate surface area is 271 Å². The van der Waals surface area contributed by atoms with Crippen LogP contribution in [0.15, 0.2) is 53.6 Å². The van der Waals surface area contributed by atoms with Crippen LogP contribution < -0.4 is 10.1 Å². The smallest absolute Gasteiger partial charge is 0.259 e. The maximum Gasteiger partial charge on any atom is 0.259 e. The van der Waals surface area contributed by atoms with Crippen LogP contribution in [-0.2, 0) is 12.0 Å². The highest BCUT2D eigenvalue weighted by Gasteiger charge is 2.24. The molecule has 2 aromatic carbocycles. The second kappa shape index (κ2) is 19.4. The van der Waals surface area contributed by atoms with Gasteiger partial charge in [-0.1, -0.05) is 123 Å². The van der Waals surface area contributed by atoms with Crippen LogP contribution >= 0.6 is 28.7 Å². The molecular formula is C36H55BrN2O2S. The van der Waals surface area contributed by atoms with Gasteiger partial charge >= 0.3 is 0 Å². The molecule has 1 heterocycles. The molecule has 0 spiro atoms. The number of anilines is 1. The van der Waals surface area contributed by atoms with Crippen molar-refractivity contribution < 1.29 is 9.53 Å². The monoisotopic (exact) mass is 658 g/mol. The van der Waals surface area contributed by atoms with Gasteiger partial charge in [-0.3, -0.25) is 4.79 Å². The summed E-state index contributed by atoms with van der Waals surface area (Å²) in [7, 11) is 0. The van der Waals surface area contributed by atoms with Gasteiger partial charge in [0.05, 0.1) is 18.0 Å². The number of ether oxygens (including phenoxy) is 1. The van der Waals surface area contributed by atoms with Gasteiger partial charge in [-0.2, -0.15) is 0 Å². The molecule has 1 aliphatic heterocycles. The molecule has 0 radical (unpaired) electrons. The minimum atomic E-state index is -0.122. The summed E-state index contributed by atoms with van der Waals surface area (Å²) in [6.45, 7) is 12.5. The quantitative estimate of drug-likeness (QED) is 0.162. The number of nitrogens with one attached hydrogen (secondary N) is 1. The number of hydrogen-bond donors (Lipinski definition) is 1. The standard InChI is InChI=1S/C36H54N2O2S.BrH/c1-6-7-8-9-10-11-12-13-14-15-16-17-25-40-34-32(19-18-20-33(34)36(3,4)5)35(39)37-31-23-21-30(22-24-31)26-38-28-41-27-29(38)2;/h18-24,27H,6-17,25-26,28H2,1-5H3,(H,37,39);1H. The Morgan fingerprint density at radius 1 is 0.881 bits per heavy atom. The van der Waals surface area contributed by atoms with Crippen molar-refractivity contribution in [1.29, 1.82) is 0 Å². The molecule has 0 aromatic heterocycles. The van der Waals surface area contributed by atoms with Crippen LogP contribution in [0.25, 0.3) is 0 Å². The Balaban J connectivity index is 0.00000616. The number of para-hydroxylation sites is 1. The number of carbonyl (C=O) groups excluding carboxylic acids is 1. The summed E-state index contributed by atoms with van der Waals surface area (Å²) in [5.41, 5.74) is 4.91. The van der Waals surface area contributed by atoms with Crippen molar-refractivity contribution in [2.75, 3.05) is 17.8 Å². The topological polar surface area (TPSA) is 41.6 Å². The number of halogens is 1. The van der Waals surface area contributed by atoms with Crippen molar-refractivity contribution in [2.45, 2.75) is 124 Å². The highest BCUT2D eigenvalue weighted by molar-refractivity contribution is 8.93. The number of hydrogen-bond acceptors (Lipinski definition) is 4. The minimum absolute atomic E-state index is 0. The molecule has 6 heteroatoms. The first kappa shape index (κ1) is 36.3. The van der Waals surface area contributed by atoms with E-state index in [1.807, 2.05) is 36.0 Å². The number of unbranched alkanes of at least 4 members (excludes halogenated alkanes) is 11. The zero-order valence-corrected chi connectivity index (χ0v) is 29.3. The molecule has 0 bridgehead atoms. The third kappa shape index (κ3) is 12.4. The molecule has 2 aromatic rings. The number of rotatable bonds is 18. The zero-order chi connectivity index (χ0) is 29.5. The Hall–Kier alpha value is -1.92. The van der Waals surface area contributed by atoms with Gasteiger partial charge in [0.1, 0.15) is 5.75 Å². The average molecular weight is 660 g/mol. The molecule has 0 unspecified atom stereocenters. The van der Waals surface area contributed by atoms with Crippen LogP contribution in [0.5, 0.6) is 5.75 Å². The molecule has 4 nitrogen and oxygen atoms in total. The maximum atomic E-state index is 13.4. The van der Waals surface area contributed by atoms with Crippen LogP contribution in [0.1, 0.15) is 133 Å². The predicted octanol–water partition coefficient (Wildman–Crippen LogP) is 11.3. The van der Waals surface area contributed by atoms with Crippen molar-refractivity contribution in [2.24, 2.45) is 0 Å². The lowest BCUT2D eigenvalue weighted by molar-refractivity contribution is 0.102. The van der Waals surface area contributed by atoms with Gasteiger partial charge in [-0.25, -0.2) is 0 Å². The van der Waals surface area contributed by atoms with Crippen molar-refractivity contribution >= 4 is 40.3 Å². The maximum absolute atomic E-state index is 13.4. The molecule has 42 heavy (non-hydrogen) atoms. The average Bonchev–Trinajstić information content (AvgIpc) is 3.35. The second-order valence-corrected chi connectivity index (χ2v) is 13.4. The number of allylic oxidation sites excluding steroid dienone is 1. The van der Waals surface area contributed by atoms with Crippen molar-refractivity contribution in [1.82, 2.24) is 4.90 Å². The molecule has 1 aliphatic rings. The van der Waals surface area contributed by atoms with E-state index in [9.17, 15) is 4.79 Å². The molecular weight excluding hydrogens is 604 g/mol. The van der Waals surface area contributed by atoms with Gasteiger partial charge < -0.3 is 15.0 Å². The first-order chi connectivity index (χ1) is 19.8. The molecule has 0 saturated carbocycles. The first-order valence-corrected chi connectivity index (χ1v) is 17.0. The number of thioether (sulfide) groups is 1. The van der Waals surface area contributed by atoms with Crippen molar-refractivity contribution in [3.8, 4) is 5.75 Å².